The minimum atomic E-state index is -0.0422. The molecule has 0 atom stereocenters. The number of likely N-dealkylation sites (N-methyl/N-ethyl adjacent to an activating group) is 1. The van der Waals surface area contributed by atoms with Gasteiger partial charge in [0.05, 0.1) is 18.9 Å². The minimum Gasteiger partial charge on any atom is -0.487 e. The first-order valence-electron chi connectivity index (χ1n) is 12.1. The van der Waals surface area contributed by atoms with E-state index >= 15 is 0 Å². The van der Waals surface area contributed by atoms with Crippen molar-refractivity contribution in [3.8, 4) is 5.75 Å². The number of hydrogen-bond acceptors (Lipinski definition) is 5. The van der Waals surface area contributed by atoms with Crippen LogP contribution in [-0.4, -0.2) is 53.5 Å². The zero-order valence-electron chi connectivity index (χ0n) is 20.4. The minimum absolute atomic E-state index is 0.0422. The first-order chi connectivity index (χ1) is 17.6. The van der Waals surface area contributed by atoms with Crippen LogP contribution >= 0.6 is 0 Å². The number of pyridine rings is 1. The fourth-order valence-corrected chi connectivity index (χ4v) is 4.17. The summed E-state index contributed by atoms with van der Waals surface area (Å²) in [6.07, 6.45) is 7.36. The maximum Gasteiger partial charge on any atom is 0.246 e. The quantitative estimate of drug-likeness (QED) is 0.348. The van der Waals surface area contributed by atoms with Crippen LogP contribution in [0.3, 0.4) is 0 Å². The molecule has 184 valence electrons. The van der Waals surface area contributed by atoms with Gasteiger partial charge in [0.1, 0.15) is 18.0 Å². The maximum atomic E-state index is 12.6. The monoisotopic (exact) mass is 482 g/mol. The molecule has 0 unspecified atom stereocenters. The van der Waals surface area contributed by atoms with Gasteiger partial charge in [-0.25, -0.2) is 4.98 Å². The summed E-state index contributed by atoms with van der Waals surface area (Å²) in [5, 5.41) is 0. The summed E-state index contributed by atoms with van der Waals surface area (Å²) >= 11 is 0. The molecule has 0 spiro atoms. The highest BCUT2D eigenvalue weighted by molar-refractivity contribution is 5.91. The van der Waals surface area contributed by atoms with Gasteiger partial charge in [-0.1, -0.05) is 30.3 Å². The number of anilines is 1. The van der Waals surface area contributed by atoms with Crippen molar-refractivity contribution in [3.05, 3.63) is 102 Å². The standard InChI is InChI=1S/C29H30N4O3/c1-31(20-24-5-10-26(11-6-24)32-16-18-35-19-17-32)29(34)14-9-23-7-12-27(13-8-23)36-22-25-21-33-15-3-2-4-28(33)30-25/h2-15,21H,16-20,22H2,1H3. The van der Waals surface area contributed by atoms with Crippen molar-refractivity contribution in [2.24, 2.45) is 0 Å². The van der Waals surface area contributed by atoms with Crippen molar-refractivity contribution < 1.29 is 14.3 Å². The molecule has 4 aromatic rings. The number of carbonyl (C=O) groups is 1. The first-order valence-corrected chi connectivity index (χ1v) is 12.1. The van der Waals surface area contributed by atoms with E-state index in [1.54, 1.807) is 11.0 Å². The van der Waals surface area contributed by atoms with Crippen molar-refractivity contribution >= 4 is 23.3 Å². The van der Waals surface area contributed by atoms with Gasteiger partial charge in [0, 0.05) is 50.8 Å². The lowest BCUT2D eigenvalue weighted by atomic mass is 10.1. The lowest BCUT2D eigenvalue weighted by Crippen LogP contribution is -2.36. The van der Waals surface area contributed by atoms with Crippen LogP contribution in [0.1, 0.15) is 16.8 Å². The lowest BCUT2D eigenvalue weighted by molar-refractivity contribution is -0.125. The Kier molecular flexibility index (Phi) is 7.28. The average molecular weight is 483 g/mol. The highest BCUT2D eigenvalue weighted by Crippen LogP contribution is 2.18. The summed E-state index contributed by atoms with van der Waals surface area (Å²) in [5.74, 6) is 0.715. The van der Waals surface area contributed by atoms with Gasteiger partial charge in [-0.15, -0.1) is 0 Å². The number of amides is 1. The Morgan fingerprint density at radius 1 is 1.06 bits per heavy atom. The van der Waals surface area contributed by atoms with Crippen LogP contribution in [0.2, 0.25) is 0 Å². The summed E-state index contributed by atoms with van der Waals surface area (Å²) in [5.41, 5.74) is 5.00. The number of nitrogens with zero attached hydrogens (tertiary/aromatic N) is 4. The number of benzene rings is 2. The van der Waals surface area contributed by atoms with E-state index in [9.17, 15) is 4.79 Å². The van der Waals surface area contributed by atoms with Crippen LogP contribution in [0, 0.1) is 0 Å². The number of fused-ring (bicyclic) bond motifs is 1. The normalized spacial score (nSPS) is 13.9. The Bertz CT molecular complexity index is 1290. The van der Waals surface area contributed by atoms with E-state index in [1.165, 1.54) is 5.69 Å². The second kappa shape index (κ2) is 11.1. The number of ether oxygens (including phenoxy) is 2. The van der Waals surface area contributed by atoms with E-state index in [0.717, 1.165) is 54.5 Å². The van der Waals surface area contributed by atoms with Crippen LogP contribution in [0.25, 0.3) is 11.7 Å². The number of rotatable bonds is 8. The number of imidazole rings is 1. The molecule has 0 bridgehead atoms. The molecule has 1 aliphatic heterocycles. The second-order valence-electron chi connectivity index (χ2n) is 8.85. The molecule has 1 fully saturated rings. The second-order valence-corrected chi connectivity index (χ2v) is 8.85. The van der Waals surface area contributed by atoms with Crippen LogP contribution < -0.4 is 9.64 Å². The molecule has 7 nitrogen and oxygen atoms in total. The third-order valence-electron chi connectivity index (χ3n) is 6.21. The van der Waals surface area contributed by atoms with Gasteiger partial charge in [0.15, 0.2) is 0 Å². The van der Waals surface area contributed by atoms with Gasteiger partial charge in [-0.05, 0) is 53.6 Å². The van der Waals surface area contributed by atoms with Crippen LogP contribution in [0.5, 0.6) is 5.75 Å². The van der Waals surface area contributed by atoms with Crippen molar-refractivity contribution in [1.29, 1.82) is 0 Å². The molecule has 3 heterocycles. The Morgan fingerprint density at radius 2 is 1.83 bits per heavy atom. The zero-order valence-corrected chi connectivity index (χ0v) is 20.4. The largest absolute Gasteiger partial charge is 0.487 e. The molecule has 36 heavy (non-hydrogen) atoms. The predicted molar refractivity (Wildman–Crippen MR) is 141 cm³/mol. The van der Waals surface area contributed by atoms with Gasteiger partial charge in [0.25, 0.3) is 0 Å². The van der Waals surface area contributed by atoms with Gasteiger partial charge in [-0.3, -0.25) is 4.79 Å². The topological polar surface area (TPSA) is 59.3 Å². The zero-order chi connectivity index (χ0) is 24.7. The molecule has 1 saturated heterocycles. The van der Waals surface area contributed by atoms with Crippen LogP contribution in [0.4, 0.5) is 5.69 Å². The molecule has 0 N–H and O–H groups in total. The number of carbonyl (C=O) groups excluding carboxylic acids is 1. The Morgan fingerprint density at radius 3 is 2.58 bits per heavy atom. The Balaban J connectivity index is 1.11. The third-order valence-corrected chi connectivity index (χ3v) is 6.21. The maximum absolute atomic E-state index is 12.6. The molecular formula is C29H30N4O3. The van der Waals surface area contributed by atoms with Crippen molar-refractivity contribution in [2.75, 3.05) is 38.3 Å². The van der Waals surface area contributed by atoms with Crippen molar-refractivity contribution in [1.82, 2.24) is 14.3 Å². The van der Waals surface area contributed by atoms with E-state index in [-0.39, 0.29) is 5.91 Å². The molecule has 1 aliphatic rings. The van der Waals surface area contributed by atoms with Gasteiger partial charge in [0.2, 0.25) is 5.91 Å². The third kappa shape index (κ3) is 5.93. The fourth-order valence-electron chi connectivity index (χ4n) is 4.17. The summed E-state index contributed by atoms with van der Waals surface area (Å²) < 4.78 is 13.3. The molecule has 5 rings (SSSR count). The van der Waals surface area contributed by atoms with E-state index in [1.807, 2.05) is 72.4 Å². The fraction of sp³-hybridized carbons (Fsp3) is 0.241. The lowest BCUT2D eigenvalue weighted by Gasteiger charge is -2.29. The molecule has 0 saturated carbocycles. The first kappa shape index (κ1) is 23.6. The summed E-state index contributed by atoms with van der Waals surface area (Å²) in [7, 11) is 1.82. The molecule has 0 radical (unpaired) electrons. The number of aromatic nitrogens is 2. The molecular weight excluding hydrogens is 452 g/mol. The van der Waals surface area contributed by atoms with E-state index in [2.05, 4.69) is 34.1 Å². The average Bonchev–Trinajstić information content (AvgIpc) is 3.35. The molecule has 2 aromatic heterocycles. The summed E-state index contributed by atoms with van der Waals surface area (Å²) in [6, 6.07) is 22.0. The molecule has 0 aliphatic carbocycles. The highest BCUT2D eigenvalue weighted by atomic mass is 16.5. The van der Waals surface area contributed by atoms with Crippen molar-refractivity contribution in [3.63, 3.8) is 0 Å². The van der Waals surface area contributed by atoms with E-state index < -0.39 is 0 Å². The Hall–Kier alpha value is -4.10. The smallest absolute Gasteiger partial charge is 0.246 e. The van der Waals surface area contributed by atoms with Gasteiger partial charge in [-0.2, -0.15) is 0 Å². The highest BCUT2D eigenvalue weighted by Gasteiger charge is 2.12. The van der Waals surface area contributed by atoms with Crippen molar-refractivity contribution in [2.45, 2.75) is 13.2 Å². The Labute approximate surface area is 211 Å². The predicted octanol–water partition coefficient (Wildman–Crippen LogP) is 4.42. The number of hydrogen-bond donors (Lipinski definition) is 0. The van der Waals surface area contributed by atoms with Crippen LogP contribution in [-0.2, 0) is 22.7 Å². The van der Waals surface area contributed by atoms with Gasteiger partial charge < -0.3 is 23.7 Å². The SMILES string of the molecule is CN(Cc1ccc(N2CCOCC2)cc1)C(=O)C=Cc1ccc(OCc2cn3ccccc3n2)cc1. The molecule has 2 aromatic carbocycles. The number of morpholine rings is 1. The molecule has 7 heteroatoms. The van der Waals surface area contributed by atoms with E-state index in [0.29, 0.717) is 13.2 Å². The molecule has 1 amide bonds. The van der Waals surface area contributed by atoms with Gasteiger partial charge >= 0.3 is 0 Å². The van der Waals surface area contributed by atoms with E-state index in [4.69, 9.17) is 9.47 Å². The van der Waals surface area contributed by atoms with Crippen LogP contribution in [0.15, 0.2) is 85.2 Å². The summed E-state index contributed by atoms with van der Waals surface area (Å²) in [6.45, 7) is 4.32. The summed E-state index contributed by atoms with van der Waals surface area (Å²) in [4.78, 5) is 21.2.